The van der Waals surface area contributed by atoms with E-state index in [4.69, 9.17) is 5.73 Å². The minimum atomic E-state index is -1.28. The molecule has 0 amide bonds. The van der Waals surface area contributed by atoms with Gasteiger partial charge in [0.1, 0.15) is 11.9 Å². The summed E-state index contributed by atoms with van der Waals surface area (Å²) in [4.78, 5) is 13.6. The van der Waals surface area contributed by atoms with Crippen molar-refractivity contribution < 1.29 is 24.1 Å². The van der Waals surface area contributed by atoms with Crippen LogP contribution in [0.25, 0.3) is 0 Å². The molecule has 1 aliphatic carbocycles. The molecule has 1 aromatic carbocycles. The normalized spacial score (nSPS) is 26.2. The molecule has 1 heterocycles. The Kier molecular flexibility index (Phi) is 5.22. The van der Waals surface area contributed by atoms with Crippen molar-refractivity contribution in [1.29, 1.82) is 0 Å². The Labute approximate surface area is 154 Å². The number of hydrogen-bond donors (Lipinski definition) is 4. The fraction of sp³-hybridized carbons (Fsp3) is 0.471. The fourth-order valence-corrected chi connectivity index (χ4v) is 3.48. The van der Waals surface area contributed by atoms with Gasteiger partial charge in [0.15, 0.2) is 11.6 Å². The number of rotatable bonds is 4. The Bertz CT molecular complexity index is 820. The van der Waals surface area contributed by atoms with Crippen LogP contribution in [-0.2, 0) is 0 Å². The van der Waals surface area contributed by atoms with Gasteiger partial charge in [-0.25, -0.2) is 8.78 Å². The lowest BCUT2D eigenvalue weighted by Gasteiger charge is -2.27. The maximum absolute atomic E-state index is 13.5. The molecular formula is C17H21F2N5O3. The Morgan fingerprint density at radius 2 is 1.85 bits per heavy atom. The third-order valence-electron chi connectivity index (χ3n) is 4.95. The highest BCUT2D eigenvalue weighted by atomic mass is 19.2. The first-order valence-corrected chi connectivity index (χ1v) is 8.39. The fourth-order valence-electron chi connectivity index (χ4n) is 3.48. The summed E-state index contributed by atoms with van der Waals surface area (Å²) < 4.78 is 26.6. The van der Waals surface area contributed by atoms with Crippen molar-refractivity contribution in [2.45, 2.75) is 37.7 Å². The van der Waals surface area contributed by atoms with Crippen molar-refractivity contribution in [2.75, 3.05) is 17.7 Å². The Balaban J connectivity index is 1.83. The van der Waals surface area contributed by atoms with E-state index in [2.05, 4.69) is 15.0 Å². The minimum Gasteiger partial charge on any atom is -0.390 e. The molecule has 27 heavy (non-hydrogen) atoms. The average molecular weight is 381 g/mol. The summed E-state index contributed by atoms with van der Waals surface area (Å²) in [5.74, 6) is -2.27. The lowest BCUT2D eigenvalue weighted by molar-refractivity contribution is -0.0232. The topological polar surface area (TPSA) is 129 Å². The monoisotopic (exact) mass is 381 g/mol. The molecule has 0 radical (unpaired) electrons. The molecule has 1 fully saturated rings. The van der Waals surface area contributed by atoms with Crippen LogP contribution in [0.15, 0.2) is 18.2 Å². The third kappa shape index (κ3) is 3.68. The molecule has 0 aliphatic heterocycles. The Morgan fingerprint density at radius 3 is 2.48 bits per heavy atom. The standard InChI is InChI=1S/C17H21F2N5O3/c1-7-21-16(20)23-17(22-7)24(2)12-6-9(14(26)15(12)27)13(25)8-3-4-10(18)11(19)5-8/h3-5,9,12-15,25-27H,6H2,1-2H3,(H2,20,21,22,23)/t9-,12-,13?,14-,15+/m1/s1. The van der Waals surface area contributed by atoms with Crippen LogP contribution in [0.1, 0.15) is 23.9 Å². The second kappa shape index (κ2) is 7.29. The van der Waals surface area contributed by atoms with E-state index in [1.165, 1.54) is 6.07 Å². The van der Waals surface area contributed by atoms with Crippen molar-refractivity contribution in [3.8, 4) is 0 Å². The van der Waals surface area contributed by atoms with Crippen molar-refractivity contribution in [3.05, 3.63) is 41.2 Å². The molecule has 1 aromatic heterocycles. The van der Waals surface area contributed by atoms with Crippen LogP contribution in [0, 0.1) is 24.5 Å². The van der Waals surface area contributed by atoms with E-state index in [1.807, 2.05) is 0 Å². The number of likely N-dealkylation sites (N-methyl/N-ethyl adjacent to an activating group) is 1. The van der Waals surface area contributed by atoms with Gasteiger partial charge in [-0.2, -0.15) is 15.0 Å². The summed E-state index contributed by atoms with van der Waals surface area (Å²) in [5, 5.41) is 31.4. The predicted molar refractivity (Wildman–Crippen MR) is 92.6 cm³/mol. The molecule has 3 rings (SSSR count). The molecule has 8 nitrogen and oxygen atoms in total. The largest absolute Gasteiger partial charge is 0.390 e. The first-order valence-electron chi connectivity index (χ1n) is 8.39. The van der Waals surface area contributed by atoms with Crippen LogP contribution in [0.5, 0.6) is 0 Å². The van der Waals surface area contributed by atoms with Gasteiger partial charge in [-0.05, 0) is 31.0 Å². The molecule has 10 heteroatoms. The molecule has 1 unspecified atom stereocenters. The maximum atomic E-state index is 13.5. The van der Waals surface area contributed by atoms with E-state index >= 15 is 0 Å². The summed E-state index contributed by atoms with van der Waals surface area (Å²) in [7, 11) is 1.63. The van der Waals surface area contributed by atoms with Crippen LogP contribution in [0.3, 0.4) is 0 Å². The van der Waals surface area contributed by atoms with E-state index < -0.39 is 41.9 Å². The van der Waals surface area contributed by atoms with E-state index in [0.717, 1.165) is 12.1 Å². The summed E-state index contributed by atoms with van der Waals surface area (Å²) in [6.07, 6.45) is -3.60. The van der Waals surface area contributed by atoms with Crippen molar-refractivity contribution >= 4 is 11.9 Å². The molecule has 146 valence electrons. The van der Waals surface area contributed by atoms with E-state index in [9.17, 15) is 24.1 Å². The number of anilines is 2. The minimum absolute atomic E-state index is 0.0238. The number of nitrogens with zero attached hydrogens (tertiary/aromatic N) is 4. The van der Waals surface area contributed by atoms with Gasteiger partial charge in [0.05, 0.1) is 18.2 Å². The van der Waals surface area contributed by atoms with Gasteiger partial charge in [-0.3, -0.25) is 0 Å². The number of aliphatic hydroxyl groups is 3. The van der Waals surface area contributed by atoms with Crippen molar-refractivity contribution in [1.82, 2.24) is 15.0 Å². The van der Waals surface area contributed by atoms with Gasteiger partial charge in [0.25, 0.3) is 0 Å². The molecule has 1 aliphatic rings. The van der Waals surface area contributed by atoms with Gasteiger partial charge in [-0.15, -0.1) is 0 Å². The molecule has 5 atom stereocenters. The van der Waals surface area contributed by atoms with Crippen LogP contribution >= 0.6 is 0 Å². The van der Waals surface area contributed by atoms with Crippen molar-refractivity contribution in [3.63, 3.8) is 0 Å². The molecule has 1 saturated carbocycles. The van der Waals surface area contributed by atoms with Gasteiger partial charge in [0.2, 0.25) is 11.9 Å². The van der Waals surface area contributed by atoms with Gasteiger partial charge >= 0.3 is 0 Å². The average Bonchev–Trinajstić information content (AvgIpc) is 2.90. The smallest absolute Gasteiger partial charge is 0.230 e. The highest BCUT2D eigenvalue weighted by Gasteiger charge is 2.47. The number of aromatic nitrogens is 3. The summed E-state index contributed by atoms with van der Waals surface area (Å²) >= 11 is 0. The zero-order valence-corrected chi connectivity index (χ0v) is 14.8. The zero-order chi connectivity index (χ0) is 19.9. The molecular weight excluding hydrogens is 360 g/mol. The van der Waals surface area contributed by atoms with Crippen LogP contribution < -0.4 is 10.6 Å². The lowest BCUT2D eigenvalue weighted by atomic mass is 9.92. The molecule has 0 spiro atoms. The van der Waals surface area contributed by atoms with E-state index in [-0.39, 0.29) is 23.9 Å². The summed E-state index contributed by atoms with van der Waals surface area (Å²) in [6.45, 7) is 1.64. The third-order valence-corrected chi connectivity index (χ3v) is 4.95. The van der Waals surface area contributed by atoms with Crippen LogP contribution in [0.4, 0.5) is 20.7 Å². The maximum Gasteiger partial charge on any atom is 0.230 e. The molecule has 5 N–H and O–H groups in total. The Morgan fingerprint density at radius 1 is 1.15 bits per heavy atom. The summed E-state index contributed by atoms with van der Waals surface area (Å²) in [6, 6.07) is 2.42. The van der Waals surface area contributed by atoms with Gasteiger partial charge < -0.3 is 26.0 Å². The lowest BCUT2D eigenvalue weighted by Crippen LogP contribution is -2.42. The number of aryl methyl sites for hydroxylation is 1. The van der Waals surface area contributed by atoms with Gasteiger partial charge in [-0.1, -0.05) is 6.07 Å². The van der Waals surface area contributed by atoms with Crippen molar-refractivity contribution in [2.24, 2.45) is 5.92 Å². The second-order valence-electron chi connectivity index (χ2n) is 6.72. The first kappa shape index (κ1) is 19.3. The molecule has 0 saturated heterocycles. The number of benzene rings is 1. The predicted octanol–water partition coefficient (Wildman–Crippen LogP) is 0.321. The number of hydrogen-bond acceptors (Lipinski definition) is 8. The molecule has 0 bridgehead atoms. The summed E-state index contributed by atoms with van der Waals surface area (Å²) in [5.41, 5.74) is 5.75. The molecule has 2 aromatic rings. The Hall–Kier alpha value is -2.43. The highest BCUT2D eigenvalue weighted by molar-refractivity contribution is 5.36. The van der Waals surface area contributed by atoms with E-state index in [1.54, 1.807) is 18.9 Å². The number of aliphatic hydroxyl groups excluding tert-OH is 3. The van der Waals surface area contributed by atoms with Crippen LogP contribution in [0.2, 0.25) is 0 Å². The SMILES string of the molecule is Cc1nc(N)nc(N(C)[C@@H]2C[C@H](C(O)c3ccc(F)c(F)c3)[C@@H](O)[C@H]2O)n1. The highest BCUT2D eigenvalue weighted by Crippen LogP contribution is 2.39. The van der Waals surface area contributed by atoms with Crippen LogP contribution in [-0.4, -0.2) is 55.6 Å². The van der Waals surface area contributed by atoms with Gasteiger partial charge in [0, 0.05) is 13.0 Å². The second-order valence-corrected chi connectivity index (χ2v) is 6.72. The first-order chi connectivity index (χ1) is 12.7. The zero-order valence-electron chi connectivity index (χ0n) is 14.8. The quantitative estimate of drug-likeness (QED) is 0.596. The number of nitrogen functional groups attached to an aromatic ring is 1. The number of halogens is 2. The van der Waals surface area contributed by atoms with E-state index in [0.29, 0.717) is 5.82 Å². The number of nitrogens with two attached hydrogens (primary N) is 1.